The van der Waals surface area contributed by atoms with E-state index in [1.807, 2.05) is 0 Å². The largest absolute Gasteiger partial charge is 0.379 e. The van der Waals surface area contributed by atoms with E-state index >= 15 is 0 Å². The molecule has 0 aliphatic carbocycles. The average molecular weight is 241 g/mol. The van der Waals surface area contributed by atoms with E-state index in [9.17, 15) is 0 Å². The Kier molecular flexibility index (Phi) is 7.14. The number of rotatable bonds is 8. The third-order valence-corrected chi connectivity index (χ3v) is 3.98. The Labute approximate surface area is 108 Å². The Hall–Kier alpha value is -0.0800. The zero-order valence-electron chi connectivity index (χ0n) is 12.1. The molecule has 1 saturated heterocycles. The fourth-order valence-electron chi connectivity index (χ4n) is 2.79. The summed E-state index contributed by atoms with van der Waals surface area (Å²) in [7, 11) is 0. The molecule has 0 amide bonds. The highest BCUT2D eigenvalue weighted by Gasteiger charge is 2.26. The Morgan fingerprint density at radius 1 is 1.00 bits per heavy atom. The van der Waals surface area contributed by atoms with Gasteiger partial charge in [0.25, 0.3) is 0 Å². The summed E-state index contributed by atoms with van der Waals surface area (Å²) in [6.07, 6.45) is 8.19. The zero-order chi connectivity index (χ0) is 12.6. The lowest BCUT2D eigenvalue weighted by Gasteiger charge is -2.37. The van der Waals surface area contributed by atoms with Crippen LogP contribution in [0.4, 0.5) is 0 Å². The van der Waals surface area contributed by atoms with Crippen molar-refractivity contribution < 1.29 is 4.74 Å². The molecule has 1 fully saturated rings. The molecule has 0 spiro atoms. The molecule has 0 radical (unpaired) electrons. The first-order chi connectivity index (χ1) is 8.20. The van der Waals surface area contributed by atoms with Gasteiger partial charge in [-0.2, -0.15) is 0 Å². The molecular weight excluding hydrogens is 210 g/mol. The van der Waals surface area contributed by atoms with E-state index in [2.05, 4.69) is 25.7 Å². The van der Waals surface area contributed by atoms with Gasteiger partial charge in [-0.3, -0.25) is 4.90 Å². The second-order valence-corrected chi connectivity index (χ2v) is 5.91. The third kappa shape index (κ3) is 5.87. The minimum absolute atomic E-state index is 0.531. The van der Waals surface area contributed by atoms with Gasteiger partial charge in [-0.05, 0) is 18.3 Å². The minimum Gasteiger partial charge on any atom is -0.379 e. The van der Waals surface area contributed by atoms with Crippen molar-refractivity contribution in [3.8, 4) is 0 Å². The van der Waals surface area contributed by atoms with Gasteiger partial charge in [0.15, 0.2) is 0 Å². The van der Waals surface area contributed by atoms with Crippen molar-refractivity contribution in [1.29, 1.82) is 0 Å². The van der Waals surface area contributed by atoms with Gasteiger partial charge in [0.1, 0.15) is 0 Å². The molecule has 0 N–H and O–H groups in total. The lowest BCUT2D eigenvalue weighted by atomic mass is 9.79. The van der Waals surface area contributed by atoms with Crippen LogP contribution in [0.3, 0.4) is 0 Å². The molecule has 0 unspecified atom stereocenters. The lowest BCUT2D eigenvalue weighted by Crippen LogP contribution is -2.42. The highest BCUT2D eigenvalue weighted by Crippen LogP contribution is 2.31. The molecule has 17 heavy (non-hydrogen) atoms. The summed E-state index contributed by atoms with van der Waals surface area (Å²) in [6.45, 7) is 12.5. The molecule has 0 bridgehead atoms. The molecule has 0 aromatic carbocycles. The Bertz CT molecular complexity index is 179. The summed E-state index contributed by atoms with van der Waals surface area (Å²) in [5.41, 5.74) is 0.531. The Balaban J connectivity index is 2.42. The van der Waals surface area contributed by atoms with Crippen LogP contribution >= 0.6 is 0 Å². The Morgan fingerprint density at radius 2 is 1.53 bits per heavy atom. The number of ether oxygens (including phenoxy) is 1. The van der Waals surface area contributed by atoms with E-state index in [1.54, 1.807) is 0 Å². The number of morpholine rings is 1. The lowest BCUT2D eigenvalue weighted by molar-refractivity contribution is 0.0147. The van der Waals surface area contributed by atoms with Gasteiger partial charge in [-0.15, -0.1) is 0 Å². The van der Waals surface area contributed by atoms with Crippen LogP contribution in [0, 0.1) is 5.41 Å². The fourth-order valence-corrected chi connectivity index (χ4v) is 2.79. The molecule has 0 aromatic rings. The van der Waals surface area contributed by atoms with Gasteiger partial charge in [0.05, 0.1) is 13.2 Å². The first-order valence-corrected chi connectivity index (χ1v) is 7.50. The topological polar surface area (TPSA) is 12.5 Å². The fraction of sp³-hybridized carbons (Fsp3) is 1.00. The summed E-state index contributed by atoms with van der Waals surface area (Å²) in [5, 5.41) is 0. The highest BCUT2D eigenvalue weighted by molar-refractivity contribution is 4.79. The van der Waals surface area contributed by atoms with Gasteiger partial charge in [0.2, 0.25) is 0 Å². The van der Waals surface area contributed by atoms with E-state index in [-0.39, 0.29) is 0 Å². The first-order valence-electron chi connectivity index (χ1n) is 7.50. The molecular formula is C15H31NO. The normalized spacial score (nSPS) is 18.5. The van der Waals surface area contributed by atoms with Crippen molar-refractivity contribution in [2.24, 2.45) is 5.41 Å². The zero-order valence-corrected chi connectivity index (χ0v) is 12.1. The van der Waals surface area contributed by atoms with Gasteiger partial charge in [-0.1, -0.05) is 46.5 Å². The third-order valence-electron chi connectivity index (χ3n) is 3.98. The summed E-state index contributed by atoms with van der Waals surface area (Å²) in [4.78, 5) is 2.61. The van der Waals surface area contributed by atoms with Crippen molar-refractivity contribution in [2.75, 3.05) is 32.8 Å². The molecule has 0 aromatic heterocycles. The van der Waals surface area contributed by atoms with Crippen molar-refractivity contribution in [3.63, 3.8) is 0 Å². The molecule has 2 heteroatoms. The van der Waals surface area contributed by atoms with Crippen molar-refractivity contribution in [1.82, 2.24) is 4.90 Å². The second kappa shape index (κ2) is 8.10. The van der Waals surface area contributed by atoms with E-state index in [4.69, 9.17) is 4.74 Å². The number of hydrogen-bond donors (Lipinski definition) is 0. The highest BCUT2D eigenvalue weighted by atomic mass is 16.5. The quantitative estimate of drug-likeness (QED) is 0.642. The SMILES string of the molecule is CCCCC(C)(CCCC)CN1CCOCC1. The van der Waals surface area contributed by atoms with Crippen LogP contribution in [0.15, 0.2) is 0 Å². The van der Waals surface area contributed by atoms with Crippen LogP contribution in [0.25, 0.3) is 0 Å². The smallest absolute Gasteiger partial charge is 0.0594 e. The minimum atomic E-state index is 0.531. The maximum absolute atomic E-state index is 5.43. The molecule has 2 nitrogen and oxygen atoms in total. The van der Waals surface area contributed by atoms with E-state index in [1.165, 1.54) is 45.1 Å². The Morgan fingerprint density at radius 3 is 2.00 bits per heavy atom. The van der Waals surface area contributed by atoms with Crippen LogP contribution in [-0.2, 0) is 4.74 Å². The predicted octanol–water partition coefficient (Wildman–Crippen LogP) is 3.71. The predicted molar refractivity (Wildman–Crippen MR) is 74.4 cm³/mol. The van der Waals surface area contributed by atoms with Crippen LogP contribution in [0.2, 0.25) is 0 Å². The van der Waals surface area contributed by atoms with Crippen molar-refractivity contribution in [2.45, 2.75) is 59.3 Å². The summed E-state index contributed by atoms with van der Waals surface area (Å²) in [6, 6.07) is 0. The van der Waals surface area contributed by atoms with Gasteiger partial charge in [0, 0.05) is 19.6 Å². The van der Waals surface area contributed by atoms with Crippen LogP contribution in [-0.4, -0.2) is 37.7 Å². The second-order valence-electron chi connectivity index (χ2n) is 5.91. The van der Waals surface area contributed by atoms with E-state index in [0.717, 1.165) is 26.3 Å². The van der Waals surface area contributed by atoms with Crippen LogP contribution in [0.1, 0.15) is 59.3 Å². The van der Waals surface area contributed by atoms with Crippen LogP contribution < -0.4 is 0 Å². The summed E-state index contributed by atoms with van der Waals surface area (Å²) >= 11 is 0. The monoisotopic (exact) mass is 241 g/mol. The molecule has 1 heterocycles. The molecule has 0 saturated carbocycles. The van der Waals surface area contributed by atoms with Crippen LogP contribution in [0.5, 0.6) is 0 Å². The standard InChI is InChI=1S/C15H31NO/c1-4-6-8-15(3,9-7-5-2)14-16-10-12-17-13-11-16/h4-14H2,1-3H3. The van der Waals surface area contributed by atoms with Crippen molar-refractivity contribution >= 4 is 0 Å². The summed E-state index contributed by atoms with van der Waals surface area (Å²) in [5.74, 6) is 0. The molecule has 1 aliphatic rings. The van der Waals surface area contributed by atoms with Gasteiger partial charge < -0.3 is 4.74 Å². The average Bonchev–Trinajstić information content (AvgIpc) is 2.35. The van der Waals surface area contributed by atoms with Crippen molar-refractivity contribution in [3.05, 3.63) is 0 Å². The molecule has 0 atom stereocenters. The van der Waals surface area contributed by atoms with Gasteiger partial charge >= 0.3 is 0 Å². The number of hydrogen-bond acceptors (Lipinski definition) is 2. The van der Waals surface area contributed by atoms with E-state index in [0.29, 0.717) is 5.41 Å². The maximum Gasteiger partial charge on any atom is 0.0594 e. The molecule has 102 valence electrons. The van der Waals surface area contributed by atoms with Gasteiger partial charge in [-0.25, -0.2) is 0 Å². The first kappa shape index (κ1) is 15.0. The maximum atomic E-state index is 5.43. The van der Waals surface area contributed by atoms with E-state index < -0.39 is 0 Å². The molecule has 1 rings (SSSR count). The molecule has 1 aliphatic heterocycles. The number of nitrogens with zero attached hydrogens (tertiary/aromatic N) is 1. The summed E-state index contributed by atoms with van der Waals surface area (Å²) < 4.78 is 5.43. The number of unbranched alkanes of at least 4 members (excludes halogenated alkanes) is 2.